The lowest BCUT2D eigenvalue weighted by molar-refractivity contribution is -0.265. The van der Waals surface area contributed by atoms with Crippen molar-refractivity contribution in [3.05, 3.63) is 47.6 Å². The van der Waals surface area contributed by atoms with Gasteiger partial charge in [0.1, 0.15) is 35.9 Å². The van der Waals surface area contributed by atoms with E-state index in [0.717, 1.165) is 10.5 Å². The van der Waals surface area contributed by atoms with Crippen LogP contribution >= 0.6 is 0 Å². The van der Waals surface area contributed by atoms with Crippen LogP contribution < -0.4 is 0 Å². The second-order valence-corrected chi connectivity index (χ2v) is 19.8. The summed E-state index contributed by atoms with van der Waals surface area (Å²) in [5.74, 6) is -10.3. The summed E-state index contributed by atoms with van der Waals surface area (Å²) in [4.78, 5) is 83.8. The lowest BCUT2D eigenvalue weighted by Crippen LogP contribution is -2.61. The number of methoxy groups -OCH3 is 1. The van der Waals surface area contributed by atoms with E-state index >= 15 is 0 Å². The molecule has 1 saturated carbocycles. The first-order valence-corrected chi connectivity index (χ1v) is 23.9. The number of aldehydes is 1. The van der Waals surface area contributed by atoms with Crippen molar-refractivity contribution in [1.82, 2.24) is 4.90 Å². The number of carbonyl (C=O) groups is 6. The van der Waals surface area contributed by atoms with Gasteiger partial charge in [-0.05, 0) is 107 Å². The smallest absolute Gasteiger partial charge is 0.329 e. The molecular formula is C51H77NO13. The van der Waals surface area contributed by atoms with Crippen molar-refractivity contribution in [2.45, 2.75) is 168 Å². The van der Waals surface area contributed by atoms with Crippen LogP contribution in [0.15, 0.2) is 47.6 Å². The molecule has 14 nitrogen and oxygen atoms in total. The van der Waals surface area contributed by atoms with Crippen molar-refractivity contribution in [3.63, 3.8) is 0 Å². The summed E-state index contributed by atoms with van der Waals surface area (Å²) in [5, 5.41) is 43.6. The number of aliphatic hydroxyl groups is 4. The van der Waals surface area contributed by atoms with E-state index in [0.29, 0.717) is 70.5 Å². The molecule has 3 fully saturated rings. The van der Waals surface area contributed by atoms with Gasteiger partial charge in [0.2, 0.25) is 5.79 Å². The predicted octanol–water partition coefficient (Wildman–Crippen LogP) is 5.57. The minimum atomic E-state index is -2.45. The van der Waals surface area contributed by atoms with E-state index in [2.05, 4.69) is 0 Å². The number of aliphatic hydroxyl groups excluding tert-OH is 3. The van der Waals surface area contributed by atoms with Gasteiger partial charge >= 0.3 is 5.97 Å². The Balaban J connectivity index is 1.70. The monoisotopic (exact) mass is 912 g/mol. The van der Waals surface area contributed by atoms with Gasteiger partial charge in [-0.15, -0.1) is 0 Å². The van der Waals surface area contributed by atoms with Crippen LogP contribution in [0.3, 0.4) is 0 Å². The summed E-state index contributed by atoms with van der Waals surface area (Å²) < 4.78 is 18.2. The Hall–Kier alpha value is -3.66. The van der Waals surface area contributed by atoms with E-state index in [1.54, 1.807) is 34.8 Å². The molecule has 0 radical (unpaired) electrons. The second kappa shape index (κ2) is 24.9. The SMILES string of the molecule is CO[C@H]1CC2CC[C@@H](C)[C@@](O)(O2)C(=O)C(=O)N2CCCC[C@H]2C(=O)O[C@H](C(C)CC2CC[C@@H](O)[C@H](CO)C2)CC(=O)[C@H](C)/C=C(\C)[C@@H](O)C(C=O)C(=O)[C@H](C)CC(C)/C=C/C=CC=C1C. The Kier molecular flexibility index (Phi) is 20.7. The molecule has 0 aromatic carbocycles. The molecule has 4 rings (SSSR count). The van der Waals surface area contributed by atoms with Gasteiger partial charge in [-0.3, -0.25) is 19.2 Å². The molecule has 2 bridgehead atoms. The van der Waals surface area contributed by atoms with Gasteiger partial charge in [-0.2, -0.15) is 0 Å². The van der Waals surface area contributed by atoms with Gasteiger partial charge in [0.05, 0.1) is 24.4 Å². The number of esters is 1. The van der Waals surface area contributed by atoms with Gasteiger partial charge in [0, 0.05) is 56.8 Å². The summed E-state index contributed by atoms with van der Waals surface area (Å²) in [6.45, 7) is 12.2. The Labute approximate surface area is 385 Å². The molecule has 4 aliphatic rings. The number of piperidine rings is 1. The number of hydrogen-bond donors (Lipinski definition) is 4. The number of fused-ring (bicyclic) bond motifs is 3. The maximum absolute atomic E-state index is 14.3. The van der Waals surface area contributed by atoms with Crippen molar-refractivity contribution >= 4 is 35.5 Å². The van der Waals surface area contributed by atoms with Crippen LogP contribution in [0, 0.1) is 47.3 Å². The maximum atomic E-state index is 14.3. The summed E-state index contributed by atoms with van der Waals surface area (Å²) in [6, 6.07) is -1.17. The average molecular weight is 912 g/mol. The number of hydrogen-bond acceptors (Lipinski definition) is 13. The molecule has 1 amide bonds. The molecule has 3 aliphatic heterocycles. The molecule has 15 atom stereocenters. The fourth-order valence-corrected chi connectivity index (χ4v) is 10.2. The maximum Gasteiger partial charge on any atom is 0.329 e. The largest absolute Gasteiger partial charge is 0.460 e. The Morgan fingerprint density at radius 2 is 1.65 bits per heavy atom. The predicted molar refractivity (Wildman–Crippen MR) is 244 cm³/mol. The molecule has 0 aromatic heterocycles. The minimum Gasteiger partial charge on any atom is -0.460 e. The van der Waals surface area contributed by atoms with Gasteiger partial charge in [0.15, 0.2) is 0 Å². The standard InChI is InChI=1S/C51H77NO13/c1-30-14-10-9-11-15-31(2)44(63-8)26-39-19-17-36(7)51(62,65-39)48(59)49(60)52-21-13-12-16-41(52)50(61)64-45(33(4)24-37-18-20-42(55)38(25-37)28-53)27-43(56)32(3)23-35(6)47(58)40(29-54)46(57)34(5)22-30/h9-11,14-15,23,29-30,32-34,36-42,44-45,47,53,55,58,62H,12-13,16-22,24-28H2,1-8H3/b11-9?,14-10+,31-15?,35-23+/t30?,32-,33?,34-,36-,37?,38+,39?,40?,41+,42-,44+,45+,47-,51-/m1/s1. The molecule has 65 heavy (non-hydrogen) atoms. The third-order valence-corrected chi connectivity index (χ3v) is 14.6. The normalized spacial score (nSPS) is 39.0. The van der Waals surface area contributed by atoms with Crippen molar-refractivity contribution < 1.29 is 63.4 Å². The highest BCUT2D eigenvalue weighted by molar-refractivity contribution is 6.39. The molecule has 5 unspecified atom stereocenters. The number of ether oxygens (including phenoxy) is 3. The molecule has 4 N–H and O–H groups in total. The van der Waals surface area contributed by atoms with Gasteiger partial charge in [0.25, 0.3) is 11.7 Å². The Morgan fingerprint density at radius 3 is 2.32 bits per heavy atom. The van der Waals surface area contributed by atoms with Crippen LogP contribution in [0.1, 0.15) is 126 Å². The fourth-order valence-electron chi connectivity index (χ4n) is 10.2. The quantitative estimate of drug-likeness (QED) is 0.0844. The average Bonchev–Trinajstić information content (AvgIpc) is 3.28. The zero-order chi connectivity index (χ0) is 48.2. The van der Waals surface area contributed by atoms with Crippen LogP contribution in [0.4, 0.5) is 0 Å². The topological polar surface area (TPSA) is 214 Å². The number of carbonyl (C=O) groups excluding carboxylic acids is 6. The number of nitrogens with zero attached hydrogens (tertiary/aromatic N) is 1. The lowest BCUT2D eigenvalue weighted by Gasteiger charge is -2.42. The third kappa shape index (κ3) is 14.2. The van der Waals surface area contributed by atoms with E-state index in [9.17, 15) is 49.2 Å². The summed E-state index contributed by atoms with van der Waals surface area (Å²) in [6.07, 6.45) is 12.1. The van der Waals surface area contributed by atoms with E-state index in [-0.39, 0.29) is 61.0 Å². The molecule has 364 valence electrons. The highest BCUT2D eigenvalue weighted by Gasteiger charge is 2.53. The van der Waals surface area contributed by atoms with Crippen molar-refractivity contribution in [2.24, 2.45) is 47.3 Å². The third-order valence-electron chi connectivity index (χ3n) is 14.6. The number of allylic oxidation sites excluding steroid dienone is 6. The first kappa shape index (κ1) is 54.0. The first-order chi connectivity index (χ1) is 30.7. The molecule has 2 saturated heterocycles. The van der Waals surface area contributed by atoms with Crippen LogP contribution in [0.25, 0.3) is 0 Å². The zero-order valence-electron chi connectivity index (χ0n) is 39.9. The summed E-state index contributed by atoms with van der Waals surface area (Å²) in [5.41, 5.74) is 1.13. The van der Waals surface area contributed by atoms with Crippen molar-refractivity contribution in [3.8, 4) is 0 Å². The van der Waals surface area contributed by atoms with E-state index < -0.39 is 89.5 Å². The molecule has 1 aliphatic carbocycles. The number of Topliss-reactive ketones (excluding diaryl/α,β-unsaturated/α-hetero) is 3. The minimum absolute atomic E-state index is 0.0460. The van der Waals surface area contributed by atoms with Crippen LogP contribution in [-0.2, 0) is 43.0 Å². The molecule has 3 heterocycles. The molecule has 14 heteroatoms. The number of cyclic esters (lactones) is 1. The van der Waals surface area contributed by atoms with E-state index in [4.69, 9.17) is 14.2 Å². The summed E-state index contributed by atoms with van der Waals surface area (Å²) in [7, 11) is 1.56. The summed E-state index contributed by atoms with van der Waals surface area (Å²) >= 11 is 0. The number of ketones is 3. The second-order valence-electron chi connectivity index (χ2n) is 19.8. The van der Waals surface area contributed by atoms with Crippen LogP contribution in [-0.4, -0.2) is 123 Å². The lowest BCUT2D eigenvalue weighted by atomic mass is 9.75. The zero-order valence-corrected chi connectivity index (χ0v) is 39.9. The van der Waals surface area contributed by atoms with Crippen molar-refractivity contribution in [1.29, 1.82) is 0 Å². The van der Waals surface area contributed by atoms with Gasteiger partial charge < -0.3 is 44.3 Å². The van der Waals surface area contributed by atoms with Gasteiger partial charge in [-0.1, -0.05) is 71.1 Å². The van der Waals surface area contributed by atoms with E-state index in [1.165, 1.54) is 6.08 Å². The Bertz CT molecular complexity index is 1790. The fraction of sp³-hybridized carbons (Fsp3) is 0.725. The molecule has 0 aromatic rings. The highest BCUT2D eigenvalue weighted by atomic mass is 16.6. The van der Waals surface area contributed by atoms with Gasteiger partial charge in [-0.25, -0.2) is 4.79 Å². The Morgan fingerprint density at radius 1 is 0.923 bits per heavy atom. The molecule has 0 spiro atoms. The molecular weight excluding hydrogens is 835 g/mol. The number of rotatable bonds is 6. The highest BCUT2D eigenvalue weighted by Crippen LogP contribution is 2.38. The number of amides is 1. The van der Waals surface area contributed by atoms with Crippen molar-refractivity contribution in [2.75, 3.05) is 20.3 Å². The first-order valence-electron chi connectivity index (χ1n) is 23.9. The van der Waals surface area contributed by atoms with Crippen LogP contribution in [0.2, 0.25) is 0 Å². The van der Waals surface area contributed by atoms with E-state index in [1.807, 2.05) is 51.2 Å². The van der Waals surface area contributed by atoms with Crippen LogP contribution in [0.5, 0.6) is 0 Å².